The summed E-state index contributed by atoms with van der Waals surface area (Å²) in [5.74, 6) is 1.83. The van der Waals surface area contributed by atoms with Crippen molar-refractivity contribution in [3.8, 4) is 0 Å². The van der Waals surface area contributed by atoms with Crippen molar-refractivity contribution in [2.45, 2.75) is 71.3 Å². The lowest BCUT2D eigenvalue weighted by atomic mass is 9.97. The van der Waals surface area contributed by atoms with Crippen molar-refractivity contribution in [1.82, 2.24) is 9.55 Å². The molecular formula is C32H37N3O. The number of para-hydroxylation sites is 2. The van der Waals surface area contributed by atoms with Crippen molar-refractivity contribution in [3.63, 3.8) is 0 Å². The molecule has 1 aliphatic rings. The van der Waals surface area contributed by atoms with Crippen LogP contribution in [0.4, 0.5) is 5.69 Å². The van der Waals surface area contributed by atoms with E-state index in [4.69, 9.17) is 4.98 Å². The Morgan fingerprint density at radius 1 is 0.944 bits per heavy atom. The average molecular weight is 480 g/mol. The first-order valence-corrected chi connectivity index (χ1v) is 13.5. The number of amides is 1. The smallest absolute Gasteiger partial charge is 0.227 e. The number of nitrogens with zero attached hydrogens (tertiary/aromatic N) is 3. The SMILES string of the molecule is CCCCc1ccc(N2CC(c3nc4ccccc4n3Cc3ccc(C(C)CC)cc3)CC2=O)cc1. The Kier molecular flexibility index (Phi) is 7.22. The van der Waals surface area contributed by atoms with E-state index in [1.165, 1.54) is 29.5 Å². The predicted molar refractivity (Wildman–Crippen MR) is 149 cm³/mol. The first-order chi connectivity index (χ1) is 17.6. The molecule has 5 rings (SSSR count). The quantitative estimate of drug-likeness (QED) is 0.250. The molecule has 0 bridgehead atoms. The molecule has 0 spiro atoms. The Labute approximate surface area is 215 Å². The minimum absolute atomic E-state index is 0.0732. The van der Waals surface area contributed by atoms with Gasteiger partial charge in [-0.15, -0.1) is 0 Å². The second-order valence-electron chi connectivity index (χ2n) is 10.3. The Balaban J connectivity index is 1.41. The summed E-state index contributed by atoms with van der Waals surface area (Å²) in [7, 11) is 0. The van der Waals surface area contributed by atoms with Crippen molar-refractivity contribution in [2.75, 3.05) is 11.4 Å². The molecule has 1 amide bonds. The van der Waals surface area contributed by atoms with Crippen molar-refractivity contribution < 1.29 is 4.79 Å². The molecule has 2 unspecified atom stereocenters. The first-order valence-electron chi connectivity index (χ1n) is 13.5. The van der Waals surface area contributed by atoms with E-state index in [9.17, 15) is 4.79 Å². The van der Waals surface area contributed by atoms with Crippen LogP contribution in [0.1, 0.15) is 80.8 Å². The van der Waals surface area contributed by atoms with Gasteiger partial charge in [0.2, 0.25) is 5.91 Å². The van der Waals surface area contributed by atoms with Crippen LogP contribution >= 0.6 is 0 Å². The molecule has 1 fully saturated rings. The molecule has 1 aromatic heterocycles. The molecule has 186 valence electrons. The maximum atomic E-state index is 13.1. The van der Waals surface area contributed by atoms with Crippen molar-refractivity contribution in [1.29, 1.82) is 0 Å². The Morgan fingerprint density at radius 3 is 2.39 bits per heavy atom. The highest BCUT2D eigenvalue weighted by Crippen LogP contribution is 2.34. The largest absolute Gasteiger partial charge is 0.323 e. The second kappa shape index (κ2) is 10.7. The van der Waals surface area contributed by atoms with Crippen molar-refractivity contribution in [2.24, 2.45) is 0 Å². The summed E-state index contributed by atoms with van der Waals surface area (Å²) in [4.78, 5) is 20.1. The van der Waals surface area contributed by atoms with Crippen LogP contribution in [0.3, 0.4) is 0 Å². The number of hydrogen-bond donors (Lipinski definition) is 0. The number of fused-ring (bicyclic) bond motifs is 1. The minimum atomic E-state index is 0.0732. The number of hydrogen-bond acceptors (Lipinski definition) is 2. The Morgan fingerprint density at radius 2 is 1.67 bits per heavy atom. The van der Waals surface area contributed by atoms with Gasteiger partial charge in [0.05, 0.1) is 11.0 Å². The van der Waals surface area contributed by atoms with E-state index in [2.05, 4.69) is 92.1 Å². The van der Waals surface area contributed by atoms with E-state index in [-0.39, 0.29) is 11.8 Å². The monoisotopic (exact) mass is 479 g/mol. The van der Waals surface area contributed by atoms with Gasteiger partial charge in [0.1, 0.15) is 5.82 Å². The summed E-state index contributed by atoms with van der Waals surface area (Å²) in [5, 5.41) is 0. The number of unbranched alkanes of at least 4 members (excludes halogenated alkanes) is 1. The maximum absolute atomic E-state index is 13.1. The molecule has 4 nitrogen and oxygen atoms in total. The summed E-state index contributed by atoms with van der Waals surface area (Å²) >= 11 is 0. The van der Waals surface area contributed by atoms with E-state index in [1.54, 1.807) is 0 Å². The van der Waals surface area contributed by atoms with Gasteiger partial charge in [-0.2, -0.15) is 0 Å². The average Bonchev–Trinajstić information content (AvgIpc) is 3.48. The fourth-order valence-electron chi connectivity index (χ4n) is 5.30. The van der Waals surface area contributed by atoms with Gasteiger partial charge in [-0.25, -0.2) is 4.98 Å². The van der Waals surface area contributed by atoms with Gasteiger partial charge in [0, 0.05) is 31.1 Å². The van der Waals surface area contributed by atoms with Crippen molar-refractivity contribution in [3.05, 3.63) is 95.3 Å². The zero-order valence-corrected chi connectivity index (χ0v) is 21.8. The van der Waals surface area contributed by atoms with Gasteiger partial charge in [0.15, 0.2) is 0 Å². The lowest BCUT2D eigenvalue weighted by Crippen LogP contribution is -2.24. The Hall–Kier alpha value is -3.40. The van der Waals surface area contributed by atoms with Gasteiger partial charge < -0.3 is 9.47 Å². The third kappa shape index (κ3) is 4.95. The second-order valence-corrected chi connectivity index (χ2v) is 10.3. The predicted octanol–water partition coefficient (Wildman–Crippen LogP) is 7.46. The summed E-state index contributed by atoms with van der Waals surface area (Å²) in [6.07, 6.45) is 5.12. The maximum Gasteiger partial charge on any atom is 0.227 e. The molecule has 36 heavy (non-hydrogen) atoms. The third-order valence-corrected chi connectivity index (χ3v) is 7.74. The van der Waals surface area contributed by atoms with E-state index < -0.39 is 0 Å². The molecule has 3 aromatic carbocycles. The third-order valence-electron chi connectivity index (χ3n) is 7.74. The number of aromatic nitrogens is 2. The number of carbonyl (C=O) groups excluding carboxylic acids is 1. The molecule has 0 aliphatic carbocycles. The minimum Gasteiger partial charge on any atom is -0.323 e. The van der Waals surface area contributed by atoms with E-state index >= 15 is 0 Å². The van der Waals surface area contributed by atoms with Crippen molar-refractivity contribution >= 4 is 22.6 Å². The molecule has 4 aromatic rings. The number of rotatable bonds is 9. The van der Waals surface area contributed by atoms with Gasteiger partial charge in [-0.1, -0.05) is 75.7 Å². The molecule has 2 heterocycles. The molecule has 4 heteroatoms. The number of imidazole rings is 1. The summed E-state index contributed by atoms with van der Waals surface area (Å²) in [6, 6.07) is 25.9. The number of aryl methyl sites for hydroxylation is 1. The molecule has 1 aliphatic heterocycles. The van der Waals surface area contributed by atoms with Crippen LogP contribution in [0, 0.1) is 0 Å². The Bertz CT molecular complexity index is 1320. The van der Waals surface area contributed by atoms with Gasteiger partial charge in [0.25, 0.3) is 0 Å². The van der Waals surface area contributed by atoms with Crippen LogP contribution < -0.4 is 4.90 Å². The highest BCUT2D eigenvalue weighted by molar-refractivity contribution is 5.96. The van der Waals surface area contributed by atoms with Crippen LogP contribution in [0.2, 0.25) is 0 Å². The molecule has 0 N–H and O–H groups in total. The molecule has 0 radical (unpaired) electrons. The highest BCUT2D eigenvalue weighted by Gasteiger charge is 2.34. The van der Waals surface area contributed by atoms with E-state index in [0.29, 0.717) is 18.9 Å². The summed E-state index contributed by atoms with van der Waals surface area (Å²) in [6.45, 7) is 8.15. The molecule has 2 atom stereocenters. The van der Waals surface area contributed by atoms with Crippen LogP contribution in [-0.4, -0.2) is 22.0 Å². The van der Waals surface area contributed by atoms with Crippen LogP contribution in [0.15, 0.2) is 72.8 Å². The normalized spacial score (nSPS) is 16.7. The zero-order valence-electron chi connectivity index (χ0n) is 21.8. The van der Waals surface area contributed by atoms with Crippen LogP contribution in [-0.2, 0) is 17.8 Å². The van der Waals surface area contributed by atoms with Crippen LogP contribution in [0.25, 0.3) is 11.0 Å². The van der Waals surface area contributed by atoms with E-state index in [1.807, 2.05) is 11.0 Å². The lowest BCUT2D eigenvalue weighted by molar-refractivity contribution is -0.117. The zero-order chi connectivity index (χ0) is 25.1. The molecule has 0 saturated carbocycles. The summed E-state index contributed by atoms with van der Waals surface area (Å²) < 4.78 is 2.32. The summed E-state index contributed by atoms with van der Waals surface area (Å²) in [5.41, 5.74) is 7.10. The number of carbonyl (C=O) groups is 1. The fourth-order valence-corrected chi connectivity index (χ4v) is 5.30. The number of anilines is 1. The molecule has 1 saturated heterocycles. The van der Waals surface area contributed by atoms with Crippen LogP contribution in [0.5, 0.6) is 0 Å². The number of benzene rings is 3. The van der Waals surface area contributed by atoms with Gasteiger partial charge in [-0.05, 0) is 66.1 Å². The van der Waals surface area contributed by atoms with Gasteiger partial charge >= 0.3 is 0 Å². The standard InChI is InChI=1S/C32H37N3O/c1-4-6-9-24-14-18-28(19-15-24)34-22-27(20-31(34)36)32-33-29-10-7-8-11-30(29)35(32)21-25-12-16-26(17-13-25)23(3)5-2/h7-8,10-19,23,27H,4-6,9,20-22H2,1-3H3. The highest BCUT2D eigenvalue weighted by atomic mass is 16.2. The van der Waals surface area contributed by atoms with E-state index in [0.717, 1.165) is 41.9 Å². The topological polar surface area (TPSA) is 38.1 Å². The fraction of sp³-hybridized carbons (Fsp3) is 0.375. The van der Waals surface area contributed by atoms with Gasteiger partial charge in [-0.3, -0.25) is 4.79 Å². The molecular weight excluding hydrogens is 442 g/mol. The first kappa shape index (κ1) is 24.3. The lowest BCUT2D eigenvalue weighted by Gasteiger charge is -2.18.